The number of ether oxygens (including phenoxy) is 1. The molecule has 2 aromatic rings. The van der Waals surface area contributed by atoms with Gasteiger partial charge in [0.05, 0.1) is 11.6 Å². The zero-order valence-electron chi connectivity index (χ0n) is 16.2. The number of halogens is 4. The molecule has 1 aromatic carbocycles. The second kappa shape index (κ2) is 12.6. The molecule has 0 atom stereocenters. The number of rotatable bonds is 9. The van der Waals surface area contributed by atoms with Crippen LogP contribution in [0.1, 0.15) is 23.2 Å². The first-order valence-electron chi connectivity index (χ1n) is 8.81. The second-order valence-corrected chi connectivity index (χ2v) is 6.84. The lowest BCUT2D eigenvalue weighted by Gasteiger charge is -2.11. The summed E-state index contributed by atoms with van der Waals surface area (Å²) in [6, 6.07) is 7.10. The van der Waals surface area contributed by atoms with Crippen LogP contribution in [0.5, 0.6) is 5.75 Å². The van der Waals surface area contributed by atoms with Crippen molar-refractivity contribution in [3.05, 3.63) is 45.9 Å². The summed E-state index contributed by atoms with van der Waals surface area (Å²) in [4.78, 5) is 18.8. The van der Waals surface area contributed by atoms with Crippen LogP contribution in [0.25, 0.3) is 0 Å². The van der Waals surface area contributed by atoms with Gasteiger partial charge in [0, 0.05) is 24.9 Å². The molecule has 0 spiro atoms. The molecule has 30 heavy (non-hydrogen) atoms. The van der Waals surface area contributed by atoms with Gasteiger partial charge in [-0.2, -0.15) is 13.2 Å². The number of aromatic nitrogens is 1. The molecule has 0 radical (unpaired) electrons. The van der Waals surface area contributed by atoms with Crippen molar-refractivity contribution >= 4 is 47.2 Å². The van der Waals surface area contributed by atoms with Crippen LogP contribution >= 0.6 is 35.3 Å². The number of amides is 1. The van der Waals surface area contributed by atoms with E-state index in [0.29, 0.717) is 42.8 Å². The fourth-order valence-electron chi connectivity index (χ4n) is 2.24. The summed E-state index contributed by atoms with van der Waals surface area (Å²) in [6.45, 7) is 3.07. The van der Waals surface area contributed by atoms with Crippen LogP contribution in [-0.2, 0) is 23.9 Å². The van der Waals surface area contributed by atoms with Crippen molar-refractivity contribution in [2.24, 2.45) is 10.7 Å². The monoisotopic (exact) mass is 557 g/mol. The molecule has 0 unspecified atom stereocenters. The van der Waals surface area contributed by atoms with Gasteiger partial charge in [-0.05, 0) is 24.6 Å². The highest BCUT2D eigenvalue weighted by Gasteiger charge is 2.33. The van der Waals surface area contributed by atoms with E-state index in [9.17, 15) is 18.0 Å². The summed E-state index contributed by atoms with van der Waals surface area (Å²) in [6.07, 6.45) is -4.07. The molecule has 0 fully saturated rings. The maximum atomic E-state index is 12.6. The average molecular weight is 557 g/mol. The van der Waals surface area contributed by atoms with Gasteiger partial charge < -0.3 is 21.1 Å². The molecule has 0 saturated heterocycles. The molecule has 1 aromatic heterocycles. The summed E-state index contributed by atoms with van der Waals surface area (Å²) >= 11 is 0.982. The predicted molar refractivity (Wildman–Crippen MR) is 120 cm³/mol. The van der Waals surface area contributed by atoms with E-state index < -0.39 is 17.8 Å². The molecular weight excluding hydrogens is 534 g/mol. The van der Waals surface area contributed by atoms with Crippen LogP contribution in [0.4, 0.5) is 13.2 Å². The summed E-state index contributed by atoms with van der Waals surface area (Å²) in [7, 11) is 0. The Morgan fingerprint density at radius 3 is 2.73 bits per heavy atom. The molecule has 12 heteroatoms. The number of nitrogens with two attached hydrogens (primary N) is 1. The zero-order chi connectivity index (χ0) is 21.3. The smallest absolute Gasteiger partial charge is 0.434 e. The van der Waals surface area contributed by atoms with Crippen LogP contribution in [0.2, 0.25) is 0 Å². The molecule has 0 aliphatic rings. The number of guanidine groups is 1. The van der Waals surface area contributed by atoms with Crippen molar-refractivity contribution in [3.63, 3.8) is 0 Å². The first kappa shape index (κ1) is 25.9. The third-order valence-corrected chi connectivity index (χ3v) is 4.43. The Kier molecular flexibility index (Phi) is 10.9. The minimum absolute atomic E-state index is 0. The topological polar surface area (TPSA) is 102 Å². The zero-order valence-corrected chi connectivity index (χ0v) is 19.3. The van der Waals surface area contributed by atoms with Crippen molar-refractivity contribution in [2.75, 3.05) is 19.7 Å². The average Bonchev–Trinajstić information content (AvgIpc) is 3.14. The molecule has 4 N–H and O–H groups in total. The van der Waals surface area contributed by atoms with Gasteiger partial charge in [-0.15, -0.1) is 35.3 Å². The lowest BCUT2D eigenvalue weighted by atomic mass is 10.2. The highest BCUT2D eigenvalue weighted by molar-refractivity contribution is 14.0. The Morgan fingerprint density at radius 2 is 2.10 bits per heavy atom. The number of alkyl halides is 3. The highest BCUT2D eigenvalue weighted by atomic mass is 127. The molecule has 2 rings (SSSR count). The normalized spacial score (nSPS) is 11.5. The molecule has 0 aliphatic carbocycles. The second-order valence-electron chi connectivity index (χ2n) is 5.90. The van der Waals surface area contributed by atoms with Crippen molar-refractivity contribution < 1.29 is 22.7 Å². The van der Waals surface area contributed by atoms with Crippen molar-refractivity contribution in [2.45, 2.75) is 26.1 Å². The summed E-state index contributed by atoms with van der Waals surface area (Å²) in [5, 5.41) is 7.57. The summed E-state index contributed by atoms with van der Waals surface area (Å²) in [5.74, 6) is 0.483. The van der Waals surface area contributed by atoms with E-state index in [0.717, 1.165) is 22.3 Å². The molecule has 0 bridgehead atoms. The number of benzene rings is 1. The first-order valence-corrected chi connectivity index (χ1v) is 9.69. The maximum absolute atomic E-state index is 12.6. The Morgan fingerprint density at radius 1 is 1.33 bits per heavy atom. The van der Waals surface area contributed by atoms with E-state index in [1.807, 2.05) is 13.0 Å². The quantitative estimate of drug-likeness (QED) is 0.250. The van der Waals surface area contributed by atoms with Gasteiger partial charge in [0.15, 0.2) is 18.3 Å². The van der Waals surface area contributed by atoms with Crippen LogP contribution < -0.4 is 21.1 Å². The third-order valence-electron chi connectivity index (χ3n) is 3.52. The molecule has 1 amide bonds. The molecular formula is C18H23F3IN5O2S. The number of carbonyl (C=O) groups excluding carboxylic acids is 1. The number of hydrogen-bond donors (Lipinski definition) is 3. The van der Waals surface area contributed by atoms with E-state index in [1.54, 1.807) is 18.2 Å². The number of nitrogens with one attached hydrogen (secondary N) is 2. The van der Waals surface area contributed by atoms with Crippen LogP contribution in [-0.4, -0.2) is 36.5 Å². The van der Waals surface area contributed by atoms with Crippen LogP contribution in [0, 0.1) is 0 Å². The molecule has 1 heterocycles. The van der Waals surface area contributed by atoms with E-state index in [4.69, 9.17) is 10.5 Å². The summed E-state index contributed by atoms with van der Waals surface area (Å²) in [5.41, 5.74) is 5.06. The lowest BCUT2D eigenvalue weighted by molar-refractivity contribution is -0.140. The third kappa shape index (κ3) is 9.15. The summed E-state index contributed by atoms with van der Waals surface area (Å²) < 4.78 is 43.1. The van der Waals surface area contributed by atoms with Crippen molar-refractivity contribution in [1.29, 1.82) is 0 Å². The van der Waals surface area contributed by atoms with Gasteiger partial charge in [-0.1, -0.05) is 12.1 Å². The van der Waals surface area contributed by atoms with Gasteiger partial charge >= 0.3 is 6.18 Å². The Bertz CT molecular complexity index is 845. The lowest BCUT2D eigenvalue weighted by Crippen LogP contribution is -2.38. The Balaban J connectivity index is 0.00000450. The number of aliphatic imine (C=N–C) groups is 1. The fourth-order valence-corrected chi connectivity index (χ4v) is 3.05. The van der Waals surface area contributed by atoms with Crippen molar-refractivity contribution in [3.8, 4) is 5.75 Å². The SMILES string of the molecule is CCNC(=NCc1cccc(OCC(N)=O)c1)NCCc1nc(C(F)(F)F)cs1.I. The molecule has 166 valence electrons. The first-order chi connectivity index (χ1) is 13.8. The standard InChI is InChI=1S/C18H22F3N5O2S.HI/c1-2-23-17(24-7-6-16-26-14(11-29-16)18(19,20)21)25-9-12-4-3-5-13(8-12)28-10-15(22)27;/h3-5,8,11H,2,6-7,9-10H2,1H3,(H2,22,27)(H2,23,24,25);1H. The largest absolute Gasteiger partial charge is 0.484 e. The molecule has 0 saturated carbocycles. The maximum Gasteiger partial charge on any atom is 0.434 e. The van der Waals surface area contributed by atoms with E-state index in [1.165, 1.54) is 0 Å². The Hall–Kier alpha value is -2.09. The number of carbonyl (C=O) groups is 1. The van der Waals surface area contributed by atoms with Gasteiger partial charge in [-0.3, -0.25) is 4.79 Å². The fraction of sp³-hybridized carbons (Fsp3) is 0.389. The van der Waals surface area contributed by atoms with E-state index >= 15 is 0 Å². The molecule has 0 aliphatic heterocycles. The van der Waals surface area contributed by atoms with Crippen LogP contribution in [0.3, 0.4) is 0 Å². The van der Waals surface area contributed by atoms with E-state index in [-0.39, 0.29) is 30.6 Å². The predicted octanol–water partition coefficient (Wildman–Crippen LogP) is 2.94. The highest BCUT2D eigenvalue weighted by Crippen LogP contribution is 2.30. The van der Waals surface area contributed by atoms with Gasteiger partial charge in [0.1, 0.15) is 5.75 Å². The molecule has 7 nitrogen and oxygen atoms in total. The minimum Gasteiger partial charge on any atom is -0.484 e. The van der Waals surface area contributed by atoms with Gasteiger partial charge in [0.2, 0.25) is 0 Å². The number of nitrogens with zero attached hydrogens (tertiary/aromatic N) is 2. The van der Waals surface area contributed by atoms with Crippen molar-refractivity contribution in [1.82, 2.24) is 15.6 Å². The number of hydrogen-bond acceptors (Lipinski definition) is 5. The number of thiazole rings is 1. The number of primary amides is 1. The Labute approximate surface area is 193 Å². The van der Waals surface area contributed by atoms with Gasteiger partial charge in [0.25, 0.3) is 5.91 Å². The van der Waals surface area contributed by atoms with Gasteiger partial charge in [-0.25, -0.2) is 9.98 Å². The van der Waals surface area contributed by atoms with E-state index in [2.05, 4.69) is 20.6 Å². The van der Waals surface area contributed by atoms with Crippen LogP contribution in [0.15, 0.2) is 34.6 Å². The minimum atomic E-state index is -4.42.